The molecule has 0 saturated heterocycles. The average molecular weight is 1200 g/mol. The Bertz CT molecular complexity index is 3220. The second-order valence-corrected chi connectivity index (χ2v) is 22.9. The highest BCUT2D eigenvalue weighted by atomic mass is 79.9. The highest BCUT2D eigenvalue weighted by Gasteiger charge is 2.41. The molecule has 2 aromatic heterocycles. The molecule has 0 fully saturated rings. The molecule has 10 nitrogen and oxygen atoms in total. The zero-order valence-electron chi connectivity index (χ0n) is 42.3. The Morgan fingerprint density at radius 2 is 0.731 bits per heavy atom. The number of fused-ring (bicyclic) bond motifs is 2. The van der Waals surface area contributed by atoms with Gasteiger partial charge in [0.05, 0.1) is 0 Å². The van der Waals surface area contributed by atoms with Crippen molar-refractivity contribution < 1.29 is 19.3 Å². The molecule has 0 unspecified atom stereocenters. The average Bonchev–Trinajstić information content (AvgIpc) is 4.22. The van der Waals surface area contributed by atoms with Crippen LogP contribution in [0, 0.1) is 0 Å². The van der Waals surface area contributed by atoms with Gasteiger partial charge in [0.25, 0.3) is 11.8 Å². The van der Waals surface area contributed by atoms with Crippen molar-refractivity contribution in [3.8, 4) is 0 Å². The van der Waals surface area contributed by atoms with Gasteiger partial charge in [-0.2, -0.15) is 0 Å². The van der Waals surface area contributed by atoms with Crippen LogP contribution in [0.15, 0.2) is 250 Å². The molecule has 2 amide bonds. The molecule has 10 aromatic rings. The number of aromatic amines is 2. The first-order valence-corrected chi connectivity index (χ1v) is 29.5. The fraction of sp³-hybridized carbons (Fsp3) is 0.125. The van der Waals surface area contributed by atoms with Crippen molar-refractivity contribution >= 4 is 98.5 Å². The number of carbonyl (C=O) groups is 2. The van der Waals surface area contributed by atoms with Crippen LogP contribution >= 0.6 is 53.4 Å². The van der Waals surface area contributed by atoms with Gasteiger partial charge in [-0.25, -0.2) is 0 Å². The van der Waals surface area contributed by atoms with Crippen molar-refractivity contribution in [1.29, 1.82) is 0 Å². The van der Waals surface area contributed by atoms with Crippen molar-refractivity contribution in [1.82, 2.24) is 20.6 Å². The van der Waals surface area contributed by atoms with Crippen LogP contribution in [0.4, 0.5) is 0 Å². The van der Waals surface area contributed by atoms with Crippen LogP contribution in [0.25, 0.3) is 21.8 Å². The summed E-state index contributed by atoms with van der Waals surface area (Å²) in [6.45, 7) is 0.733. The lowest BCUT2D eigenvalue weighted by atomic mass is 9.80. The van der Waals surface area contributed by atoms with Crippen LogP contribution in [0.5, 0.6) is 0 Å². The zero-order valence-corrected chi connectivity index (χ0v) is 47.1. The molecule has 0 atom stereocenters. The molecule has 8 aromatic carbocycles. The summed E-state index contributed by atoms with van der Waals surface area (Å²) in [5.41, 5.74) is 6.97. The zero-order chi connectivity index (χ0) is 53.6. The van der Waals surface area contributed by atoms with E-state index in [0.717, 1.165) is 75.3 Å². The molecule has 0 bridgehead atoms. The molecule has 390 valence electrons. The Kier molecular flexibility index (Phi) is 17.7. The monoisotopic (exact) mass is 1190 g/mol. The molecule has 0 aliphatic carbocycles. The smallest absolute Gasteiger partial charge is 0.269 e. The maximum Gasteiger partial charge on any atom is 0.269 e. The maximum atomic E-state index is 14.4. The molecule has 78 heavy (non-hydrogen) atoms. The van der Waals surface area contributed by atoms with E-state index in [-0.39, 0.29) is 36.1 Å². The summed E-state index contributed by atoms with van der Waals surface area (Å²) in [4.78, 5) is 49.2. The summed E-state index contributed by atoms with van der Waals surface area (Å²) in [6, 6.07) is 71.9. The van der Waals surface area contributed by atoms with Gasteiger partial charge >= 0.3 is 0 Å². The van der Waals surface area contributed by atoms with Gasteiger partial charge in [0.15, 0.2) is 0 Å². The highest BCUT2D eigenvalue weighted by Crippen LogP contribution is 2.42. The highest BCUT2D eigenvalue weighted by molar-refractivity contribution is 9.10. The largest absolute Gasteiger partial charge is 0.374 e. The van der Waals surface area contributed by atoms with Crippen LogP contribution < -0.4 is 10.6 Å². The number of hydrogen-bond acceptors (Lipinski definition) is 8. The Labute approximate surface area is 478 Å². The predicted molar refractivity (Wildman–Crippen MR) is 326 cm³/mol. The molecule has 0 spiro atoms. The van der Waals surface area contributed by atoms with Crippen molar-refractivity contribution in [3.05, 3.63) is 284 Å². The summed E-state index contributed by atoms with van der Waals surface area (Å²) in [5, 5.41) is 17.8. The molecule has 14 heteroatoms. The van der Waals surface area contributed by atoms with Gasteiger partial charge in [0.2, 0.25) is 11.2 Å². The third-order valence-electron chi connectivity index (χ3n) is 13.4. The number of halogens is 2. The summed E-state index contributed by atoms with van der Waals surface area (Å²) >= 11 is 7.17. The van der Waals surface area contributed by atoms with Crippen molar-refractivity contribution in [2.75, 3.05) is 24.6 Å². The van der Waals surface area contributed by atoms with E-state index in [0.29, 0.717) is 24.6 Å². The topological polar surface area (TPSA) is 133 Å². The van der Waals surface area contributed by atoms with Crippen LogP contribution in [-0.4, -0.2) is 57.8 Å². The Hall–Kier alpha value is -7.62. The summed E-state index contributed by atoms with van der Waals surface area (Å²) < 4.78 is 1.89. The van der Waals surface area contributed by atoms with Gasteiger partial charge in [-0.15, -0.1) is 0 Å². The number of H-pyrrole nitrogens is 2. The van der Waals surface area contributed by atoms with E-state index < -0.39 is 11.2 Å². The Morgan fingerprint density at radius 3 is 1.03 bits per heavy atom. The van der Waals surface area contributed by atoms with E-state index in [1.165, 1.54) is 0 Å². The van der Waals surface area contributed by atoms with Gasteiger partial charge in [-0.1, -0.05) is 258 Å². The van der Waals surface area contributed by atoms with Crippen LogP contribution in [0.1, 0.15) is 44.5 Å². The molecule has 4 N–H and O–H groups in total. The van der Waals surface area contributed by atoms with Gasteiger partial charge in [0, 0.05) is 114 Å². The SMILES string of the molecule is O=C(NCCSSCCNC(=O)/C(Cc1c[nH]c2cc(Br)ccc12)=N/OC(c1ccccc1)(c1ccccc1)c1ccccc1)/C(Cc1c[nH]c2cc(Br)ccc12)=N/OC(c1ccccc1)(c1ccccc1)c1ccccc1. The molecule has 0 radical (unpaired) electrons. The van der Waals surface area contributed by atoms with Crippen molar-refractivity contribution in [2.45, 2.75) is 24.0 Å². The lowest BCUT2D eigenvalue weighted by Gasteiger charge is -2.33. The first-order chi connectivity index (χ1) is 38.3. The van der Waals surface area contributed by atoms with Crippen LogP contribution in [0.3, 0.4) is 0 Å². The minimum absolute atomic E-state index is 0.212. The van der Waals surface area contributed by atoms with E-state index >= 15 is 0 Å². The Morgan fingerprint density at radius 1 is 0.436 bits per heavy atom. The number of nitrogens with one attached hydrogen (secondary N) is 4. The molecule has 0 aliphatic rings. The molecular formula is C64H54Br2N6O4S2. The van der Waals surface area contributed by atoms with E-state index in [2.05, 4.69) is 52.5 Å². The molecule has 0 aliphatic heterocycles. The third kappa shape index (κ3) is 12.2. The van der Waals surface area contributed by atoms with Crippen LogP contribution in [0.2, 0.25) is 0 Å². The molecule has 0 saturated carbocycles. The summed E-state index contributed by atoms with van der Waals surface area (Å²) in [6.07, 6.45) is 4.26. The van der Waals surface area contributed by atoms with Gasteiger partial charge in [-0.05, 0) is 35.4 Å². The maximum absolute atomic E-state index is 14.4. The van der Waals surface area contributed by atoms with Gasteiger partial charge < -0.3 is 30.3 Å². The molecular weight excluding hydrogens is 1140 g/mol. The van der Waals surface area contributed by atoms with Gasteiger partial charge in [0.1, 0.15) is 11.4 Å². The summed E-state index contributed by atoms with van der Waals surface area (Å²) in [7, 11) is 3.21. The number of aromatic nitrogens is 2. The number of benzene rings is 8. The van der Waals surface area contributed by atoms with E-state index in [4.69, 9.17) is 20.0 Å². The van der Waals surface area contributed by atoms with Gasteiger partial charge in [-0.3, -0.25) is 9.59 Å². The fourth-order valence-electron chi connectivity index (χ4n) is 9.61. The lowest BCUT2D eigenvalue weighted by Crippen LogP contribution is -2.36. The number of nitrogens with zero attached hydrogens (tertiary/aromatic N) is 2. The Balaban J connectivity index is 0.837. The summed E-state index contributed by atoms with van der Waals surface area (Å²) in [5.74, 6) is 0.517. The molecule has 2 heterocycles. The normalized spacial score (nSPS) is 12.1. The van der Waals surface area contributed by atoms with Crippen molar-refractivity contribution in [3.63, 3.8) is 0 Å². The quantitative estimate of drug-likeness (QED) is 0.0166. The number of rotatable bonds is 23. The number of hydrogen-bond donors (Lipinski definition) is 4. The van der Waals surface area contributed by atoms with Crippen molar-refractivity contribution in [2.24, 2.45) is 10.3 Å². The van der Waals surface area contributed by atoms with E-state index in [1.54, 1.807) is 21.6 Å². The number of carbonyl (C=O) groups excluding carboxylic acids is 2. The first kappa shape index (κ1) is 53.8. The fourth-order valence-corrected chi connectivity index (χ4v) is 12.1. The second-order valence-electron chi connectivity index (χ2n) is 18.3. The van der Waals surface area contributed by atoms with Crippen LogP contribution in [-0.2, 0) is 43.3 Å². The molecule has 10 rings (SSSR count). The minimum Gasteiger partial charge on any atom is -0.374 e. The second kappa shape index (κ2) is 25.7. The minimum atomic E-state index is -1.17. The standard InChI is InChI=1S/C64H54Br2N6O4S2/c65-53-31-33-55-45(43-69-57(55)41-53)39-59(71-75-63(47-19-7-1-8-20-47,48-21-9-2-10-22-48)49-23-11-3-12-24-49)61(73)67-35-37-77-78-38-36-68-62(74)60(40-46-44-70-58-42-54(66)32-34-56(46)58)72-76-64(50-25-13-4-14-26-50,51-27-15-5-16-28-51)52-29-17-6-18-30-52/h1-34,41-44,69-70H,35-40H2,(H,67,73)(H,68,74)/b71-59+,72-60+. The van der Waals surface area contributed by atoms with E-state index in [9.17, 15) is 9.59 Å². The first-order valence-electron chi connectivity index (χ1n) is 25.5. The predicted octanol–water partition coefficient (Wildman–Crippen LogP) is 14.3. The lowest BCUT2D eigenvalue weighted by molar-refractivity contribution is -0.116. The number of oxime groups is 2. The third-order valence-corrected chi connectivity index (χ3v) is 16.8. The van der Waals surface area contributed by atoms with E-state index in [1.807, 2.05) is 231 Å². The number of amides is 2.